The van der Waals surface area contributed by atoms with E-state index in [0.29, 0.717) is 42.4 Å². The molecule has 5 aliphatic rings. The van der Waals surface area contributed by atoms with Crippen molar-refractivity contribution in [1.29, 1.82) is 0 Å². The van der Waals surface area contributed by atoms with Crippen molar-refractivity contribution in [2.75, 3.05) is 38.3 Å². The zero-order chi connectivity index (χ0) is 48.2. The number of rotatable bonds is 13. The van der Waals surface area contributed by atoms with Crippen LogP contribution in [0.5, 0.6) is 23.1 Å². The Balaban J connectivity index is 0.865. The minimum Gasteiger partial charge on any atom is -0.491 e. The Morgan fingerprint density at radius 1 is 1.03 bits per heavy atom. The van der Waals surface area contributed by atoms with E-state index in [1.165, 1.54) is 61.7 Å². The molecule has 0 bridgehead atoms. The van der Waals surface area contributed by atoms with Gasteiger partial charge in [-0.2, -0.15) is 4.98 Å². The van der Waals surface area contributed by atoms with Crippen molar-refractivity contribution >= 4 is 50.1 Å². The van der Waals surface area contributed by atoms with Crippen LogP contribution in [-0.4, -0.2) is 89.5 Å². The molecule has 4 fully saturated rings. The first-order chi connectivity index (χ1) is 33.1. The molecule has 15 nitrogen and oxygen atoms in total. The number of pyridine rings is 1. The topological polar surface area (TPSA) is 189 Å². The first-order valence-electron chi connectivity index (χ1n) is 24.4. The second-order valence-corrected chi connectivity index (χ2v) is 23.6. The summed E-state index contributed by atoms with van der Waals surface area (Å²) in [5.41, 5.74) is 3.47. The highest BCUT2D eigenvalue weighted by Gasteiger charge is 2.50. The zero-order valence-corrected chi connectivity index (χ0v) is 41.4. The number of benzene rings is 3. The maximum absolute atomic E-state index is 14.2. The number of likely N-dealkylation sites (tertiary alicyclic amines) is 1. The Morgan fingerprint density at radius 3 is 2.54 bits per heavy atom. The van der Waals surface area contributed by atoms with Gasteiger partial charge in [-0.3, -0.25) is 19.8 Å². The molecule has 2 aliphatic carbocycles. The molecular formula is C52H62N6O9S2. The highest BCUT2D eigenvalue weighted by Crippen LogP contribution is 2.55. The fourth-order valence-electron chi connectivity index (χ4n) is 11.7. The third-order valence-electron chi connectivity index (χ3n) is 15.6. The van der Waals surface area contributed by atoms with E-state index in [2.05, 4.69) is 62.6 Å². The SMILES string of the molecule is COc1nc2[nH]ccc2cc1Oc1cc(N2CCC3(CC2)CC(N2CCC[C@H]2c2ccccc2C(C)C)C3)ccc1C(=O)NS(=O)(=O)c1cc2c(c([N+](=O)[O-])c1)S[C@@H](CC1CCC(C)(O)CC1)CO2. The molecule has 69 heavy (non-hydrogen) atoms. The number of sulfonamides is 1. The van der Waals surface area contributed by atoms with Crippen molar-refractivity contribution in [2.24, 2.45) is 11.3 Å². The number of amides is 1. The number of nitrogens with one attached hydrogen (secondary N) is 2. The van der Waals surface area contributed by atoms with Gasteiger partial charge in [0.1, 0.15) is 28.6 Å². The van der Waals surface area contributed by atoms with Gasteiger partial charge in [-0.15, -0.1) is 11.8 Å². The molecule has 2 atom stereocenters. The van der Waals surface area contributed by atoms with E-state index in [4.69, 9.17) is 14.2 Å². The van der Waals surface area contributed by atoms with E-state index >= 15 is 0 Å². The molecule has 366 valence electrons. The number of H-pyrrole nitrogens is 1. The average molecular weight is 979 g/mol. The summed E-state index contributed by atoms with van der Waals surface area (Å²) >= 11 is 1.31. The molecule has 3 N–H and O–H groups in total. The van der Waals surface area contributed by atoms with E-state index < -0.39 is 37.0 Å². The minimum atomic E-state index is -4.67. The van der Waals surface area contributed by atoms with Gasteiger partial charge in [0, 0.05) is 65.9 Å². The number of methoxy groups -OCH3 is 1. The van der Waals surface area contributed by atoms with E-state index in [1.54, 1.807) is 24.4 Å². The van der Waals surface area contributed by atoms with Gasteiger partial charge in [-0.25, -0.2) is 13.1 Å². The summed E-state index contributed by atoms with van der Waals surface area (Å²) in [5.74, 6) is 0.395. The molecule has 0 unspecified atom stereocenters. The van der Waals surface area contributed by atoms with Crippen molar-refractivity contribution < 1.29 is 37.5 Å². The fraction of sp³-hybridized carbons (Fsp3) is 0.500. The number of nitro groups is 1. The van der Waals surface area contributed by atoms with Crippen LogP contribution in [0.1, 0.15) is 125 Å². The lowest BCUT2D eigenvalue weighted by molar-refractivity contribution is -0.388. The largest absolute Gasteiger partial charge is 0.491 e. The highest BCUT2D eigenvalue weighted by molar-refractivity contribution is 8.00. The number of anilines is 1. The number of nitro benzene ring substituents is 1. The second-order valence-electron chi connectivity index (χ2n) is 20.6. The molecule has 1 amide bonds. The number of fused-ring (bicyclic) bond motifs is 2. The lowest BCUT2D eigenvalue weighted by Crippen LogP contribution is -2.54. The number of carbonyl (C=O) groups is 1. The maximum Gasteiger partial charge on any atom is 0.288 e. The second kappa shape index (κ2) is 18.8. The summed E-state index contributed by atoms with van der Waals surface area (Å²) in [4.78, 5) is 38.5. The summed E-state index contributed by atoms with van der Waals surface area (Å²) in [7, 11) is -3.21. The Bertz CT molecular complexity index is 2860. The van der Waals surface area contributed by atoms with E-state index in [1.807, 2.05) is 19.1 Å². The summed E-state index contributed by atoms with van der Waals surface area (Å²) in [5, 5.41) is 23.5. The summed E-state index contributed by atoms with van der Waals surface area (Å²) in [6, 6.07) is 20.9. The van der Waals surface area contributed by atoms with Gasteiger partial charge in [0.05, 0.1) is 28.1 Å². The Morgan fingerprint density at radius 2 is 1.80 bits per heavy atom. The number of nitrogens with zero attached hydrogens (tertiary/aromatic N) is 4. The van der Waals surface area contributed by atoms with E-state index in [-0.39, 0.29) is 50.9 Å². The quantitative estimate of drug-likeness (QED) is 0.0747. The number of ether oxygens (including phenoxy) is 3. The monoisotopic (exact) mass is 978 g/mol. The van der Waals surface area contributed by atoms with Crippen LogP contribution in [0.2, 0.25) is 0 Å². The fourth-order valence-corrected chi connectivity index (χ4v) is 14.0. The van der Waals surface area contributed by atoms with Crippen LogP contribution in [0.25, 0.3) is 11.0 Å². The molecule has 5 aromatic rings. The number of aliphatic hydroxyl groups is 1. The molecular weight excluding hydrogens is 917 g/mol. The van der Waals surface area contributed by atoms with Gasteiger partial charge in [0.25, 0.3) is 27.5 Å². The lowest BCUT2D eigenvalue weighted by atomic mass is 9.59. The standard InChI is InChI=1S/C52H62N6O9S2/c1-32(2)39-8-5-6-9-40(39)42-10-7-21-57(42)36-29-52(30-36)18-22-56(23-19-52)35-11-12-41(44(26-35)67-46-25-34-15-20-53-48(34)54-50(46)65-4)49(59)55-69(63,64)38-27-43(58(61)62)47-45(28-38)66-31-37(68-47)24-33-13-16-51(3,60)17-14-33/h5-6,8-9,11-12,15,20,25-28,32-33,36-37,42,60H,7,10,13-14,16-19,21-24,29-31H2,1-4H3,(H,53,54)(H,55,59)/t33?,37-,42-,51?/m0/s1. The van der Waals surface area contributed by atoms with Crippen molar-refractivity contribution in [3.63, 3.8) is 0 Å². The number of hydrogen-bond donors (Lipinski definition) is 3. The van der Waals surface area contributed by atoms with Gasteiger partial charge >= 0.3 is 0 Å². The molecule has 2 aromatic heterocycles. The molecule has 3 aromatic carbocycles. The van der Waals surface area contributed by atoms with Gasteiger partial charge in [0.15, 0.2) is 5.75 Å². The molecule has 2 saturated heterocycles. The predicted octanol–water partition coefficient (Wildman–Crippen LogP) is 10.3. The summed E-state index contributed by atoms with van der Waals surface area (Å²) in [6.45, 7) is 9.42. The number of aromatic nitrogens is 2. The Labute approximate surface area is 407 Å². The number of thioether (sulfide) groups is 1. The average Bonchev–Trinajstić information content (AvgIpc) is 4.00. The van der Waals surface area contributed by atoms with Gasteiger partial charge in [-0.05, 0) is 137 Å². The molecule has 2 saturated carbocycles. The first kappa shape index (κ1) is 47.3. The normalized spacial score (nSPS) is 23.9. The predicted molar refractivity (Wildman–Crippen MR) is 265 cm³/mol. The lowest BCUT2D eigenvalue weighted by Gasteiger charge is -2.56. The van der Waals surface area contributed by atoms with Crippen LogP contribution in [0.15, 0.2) is 82.7 Å². The van der Waals surface area contributed by atoms with Crippen LogP contribution >= 0.6 is 11.8 Å². The summed E-state index contributed by atoms with van der Waals surface area (Å²) in [6.07, 6.45) is 12.4. The minimum absolute atomic E-state index is 0.0700. The van der Waals surface area contributed by atoms with Crippen LogP contribution in [0, 0.1) is 21.4 Å². The van der Waals surface area contributed by atoms with E-state index in [9.17, 15) is 28.4 Å². The number of piperidine rings is 1. The zero-order valence-electron chi connectivity index (χ0n) is 39.7. The van der Waals surface area contributed by atoms with Gasteiger partial charge < -0.3 is 29.2 Å². The van der Waals surface area contributed by atoms with Crippen LogP contribution in [0.3, 0.4) is 0 Å². The summed E-state index contributed by atoms with van der Waals surface area (Å²) < 4.78 is 48.4. The Kier molecular flexibility index (Phi) is 12.9. The molecule has 3 aliphatic heterocycles. The van der Waals surface area contributed by atoms with Crippen molar-refractivity contribution in [2.45, 2.75) is 130 Å². The number of carbonyl (C=O) groups excluding carboxylic acids is 1. The Hall–Kier alpha value is -5.36. The van der Waals surface area contributed by atoms with Crippen molar-refractivity contribution in [3.05, 3.63) is 99.7 Å². The third kappa shape index (κ3) is 9.63. The van der Waals surface area contributed by atoms with Gasteiger partial charge in [-0.1, -0.05) is 38.1 Å². The molecule has 5 heterocycles. The third-order valence-corrected chi connectivity index (χ3v) is 18.2. The van der Waals surface area contributed by atoms with E-state index in [0.717, 1.165) is 68.9 Å². The highest BCUT2D eigenvalue weighted by atomic mass is 32.2. The van der Waals surface area contributed by atoms with Crippen molar-refractivity contribution in [3.8, 4) is 23.1 Å². The molecule has 0 radical (unpaired) electrons. The molecule has 10 rings (SSSR count). The van der Waals surface area contributed by atoms with Gasteiger partial charge in [0.2, 0.25) is 0 Å². The van der Waals surface area contributed by atoms with Crippen LogP contribution in [-0.2, 0) is 10.0 Å². The maximum atomic E-state index is 14.2. The van der Waals surface area contributed by atoms with Crippen LogP contribution in [0.4, 0.5) is 11.4 Å². The number of hydrogen-bond acceptors (Lipinski definition) is 13. The van der Waals surface area contributed by atoms with Crippen molar-refractivity contribution in [1.82, 2.24) is 19.6 Å². The molecule has 17 heteroatoms. The molecule has 1 spiro atoms. The first-order valence-corrected chi connectivity index (χ1v) is 26.8. The number of aromatic amines is 1. The smallest absolute Gasteiger partial charge is 0.288 e. The van der Waals surface area contributed by atoms with Crippen LogP contribution < -0.4 is 23.8 Å².